The summed E-state index contributed by atoms with van der Waals surface area (Å²) >= 11 is 6.05. The number of carbonyl (C=O) groups is 1. The first-order valence-corrected chi connectivity index (χ1v) is 5.52. The normalized spacial score (nSPS) is 20.8. The van der Waals surface area contributed by atoms with Crippen molar-refractivity contribution < 1.29 is 9.53 Å². The molecule has 0 aliphatic carbocycles. The van der Waals surface area contributed by atoms with Crippen LogP contribution in [0, 0.1) is 0 Å². The van der Waals surface area contributed by atoms with Crippen LogP contribution >= 0.6 is 11.6 Å². The minimum atomic E-state index is -0.380. The summed E-state index contributed by atoms with van der Waals surface area (Å²) in [5.74, 6) is 0. The monoisotopic (exact) mass is 240 g/mol. The van der Waals surface area contributed by atoms with Crippen molar-refractivity contribution in [2.45, 2.75) is 12.5 Å². The summed E-state index contributed by atoms with van der Waals surface area (Å²) in [7, 11) is 0. The number of ether oxygens (including phenoxy) is 1. The van der Waals surface area contributed by atoms with Crippen LogP contribution in [-0.2, 0) is 4.74 Å². The molecular weight excluding hydrogens is 228 g/mol. The van der Waals surface area contributed by atoms with E-state index < -0.39 is 0 Å². The molecule has 1 aromatic carbocycles. The highest BCUT2D eigenvalue weighted by atomic mass is 35.5. The number of hydrogen-bond acceptors (Lipinski definition) is 3. The highest BCUT2D eigenvalue weighted by molar-refractivity contribution is 6.33. The molecule has 2 N–H and O–H groups in total. The molecule has 1 amide bonds. The van der Waals surface area contributed by atoms with E-state index in [-0.39, 0.29) is 12.1 Å². The second-order valence-electron chi connectivity index (χ2n) is 3.61. The number of halogens is 1. The molecule has 1 saturated heterocycles. The molecule has 0 radical (unpaired) electrons. The second-order valence-corrected chi connectivity index (χ2v) is 4.02. The zero-order chi connectivity index (χ0) is 11.5. The maximum atomic E-state index is 11.7. The standard InChI is InChI=1S/C11H13ClN2O2/c12-9-3-1-2-4-10(9)14-8(7-13)5-6-16-11(14)15/h1-4,8H,5-7,13H2. The number of nitrogens with two attached hydrogens (primary N) is 1. The molecule has 1 aliphatic rings. The Balaban J connectivity index is 2.36. The predicted molar refractivity (Wildman–Crippen MR) is 62.7 cm³/mol. The van der Waals surface area contributed by atoms with Gasteiger partial charge >= 0.3 is 6.09 Å². The Labute approximate surface area is 98.9 Å². The third-order valence-corrected chi connectivity index (χ3v) is 2.94. The first kappa shape index (κ1) is 11.2. The summed E-state index contributed by atoms with van der Waals surface area (Å²) in [5, 5.41) is 0.528. The maximum Gasteiger partial charge on any atom is 0.414 e. The van der Waals surface area contributed by atoms with Crippen LogP contribution < -0.4 is 10.6 Å². The van der Waals surface area contributed by atoms with Gasteiger partial charge in [0.05, 0.1) is 23.4 Å². The summed E-state index contributed by atoms with van der Waals surface area (Å²) in [6.45, 7) is 0.821. The molecule has 0 bridgehead atoms. The Hall–Kier alpha value is -1.26. The van der Waals surface area contributed by atoms with Gasteiger partial charge in [-0.1, -0.05) is 23.7 Å². The quantitative estimate of drug-likeness (QED) is 0.861. The first-order valence-electron chi connectivity index (χ1n) is 5.14. The van der Waals surface area contributed by atoms with Crippen molar-refractivity contribution in [3.8, 4) is 0 Å². The Morgan fingerprint density at radius 3 is 2.94 bits per heavy atom. The van der Waals surface area contributed by atoms with Crippen molar-refractivity contribution in [3.63, 3.8) is 0 Å². The predicted octanol–water partition coefficient (Wildman–Crippen LogP) is 2.01. The van der Waals surface area contributed by atoms with Crippen LogP contribution in [0.15, 0.2) is 24.3 Å². The number of anilines is 1. The summed E-state index contributed by atoms with van der Waals surface area (Å²) in [5.41, 5.74) is 6.31. The van der Waals surface area contributed by atoms with Gasteiger partial charge in [-0.05, 0) is 12.1 Å². The smallest absolute Gasteiger partial charge is 0.414 e. The van der Waals surface area contributed by atoms with Crippen LogP contribution in [0.2, 0.25) is 5.02 Å². The Morgan fingerprint density at radius 1 is 1.50 bits per heavy atom. The fraction of sp³-hybridized carbons (Fsp3) is 0.364. The van der Waals surface area contributed by atoms with E-state index in [0.29, 0.717) is 23.9 Å². The Morgan fingerprint density at radius 2 is 2.25 bits per heavy atom. The average Bonchev–Trinajstić information content (AvgIpc) is 2.30. The largest absolute Gasteiger partial charge is 0.449 e. The van der Waals surface area contributed by atoms with E-state index in [1.54, 1.807) is 12.1 Å². The van der Waals surface area contributed by atoms with Crippen LogP contribution in [0.4, 0.5) is 10.5 Å². The van der Waals surface area contributed by atoms with Gasteiger partial charge in [-0.2, -0.15) is 0 Å². The lowest BCUT2D eigenvalue weighted by atomic mass is 10.1. The van der Waals surface area contributed by atoms with Gasteiger partial charge in [-0.3, -0.25) is 4.90 Å². The lowest BCUT2D eigenvalue weighted by molar-refractivity contribution is 0.130. The molecule has 1 heterocycles. The van der Waals surface area contributed by atoms with Crippen molar-refractivity contribution in [1.82, 2.24) is 0 Å². The molecule has 1 fully saturated rings. The number of rotatable bonds is 2. The summed E-state index contributed by atoms with van der Waals surface area (Å²) in [6.07, 6.45) is 0.350. The van der Waals surface area contributed by atoms with Crippen molar-refractivity contribution >= 4 is 23.4 Å². The van der Waals surface area contributed by atoms with Crippen LogP contribution in [0.1, 0.15) is 6.42 Å². The fourth-order valence-corrected chi connectivity index (χ4v) is 2.02. The van der Waals surface area contributed by atoms with Gasteiger partial charge in [-0.25, -0.2) is 4.79 Å². The van der Waals surface area contributed by atoms with Crippen molar-refractivity contribution in [1.29, 1.82) is 0 Å². The van der Waals surface area contributed by atoms with Crippen LogP contribution in [0.25, 0.3) is 0 Å². The molecule has 0 aromatic heterocycles. The molecule has 4 nitrogen and oxygen atoms in total. The molecule has 1 aromatic rings. The van der Waals surface area contributed by atoms with Crippen molar-refractivity contribution in [3.05, 3.63) is 29.3 Å². The van der Waals surface area contributed by atoms with Gasteiger partial charge in [0.25, 0.3) is 0 Å². The van der Waals surface area contributed by atoms with E-state index in [9.17, 15) is 4.79 Å². The lowest BCUT2D eigenvalue weighted by Crippen LogP contribution is -2.49. The van der Waals surface area contributed by atoms with E-state index in [0.717, 1.165) is 6.42 Å². The Kier molecular flexibility index (Phi) is 3.31. The summed E-state index contributed by atoms with van der Waals surface area (Å²) in [6, 6.07) is 7.14. The van der Waals surface area contributed by atoms with E-state index in [1.807, 2.05) is 12.1 Å². The number of amides is 1. The molecule has 1 unspecified atom stereocenters. The molecule has 5 heteroatoms. The molecule has 2 rings (SSSR count). The maximum absolute atomic E-state index is 11.7. The van der Waals surface area contributed by atoms with Gasteiger partial charge in [0, 0.05) is 13.0 Å². The SMILES string of the molecule is NCC1CCOC(=O)N1c1ccccc1Cl. The van der Waals surface area contributed by atoms with Gasteiger partial charge < -0.3 is 10.5 Å². The molecule has 16 heavy (non-hydrogen) atoms. The van der Waals surface area contributed by atoms with E-state index in [1.165, 1.54) is 4.90 Å². The van der Waals surface area contributed by atoms with Crippen molar-refractivity contribution in [2.24, 2.45) is 5.73 Å². The second kappa shape index (κ2) is 4.72. The molecule has 0 spiro atoms. The van der Waals surface area contributed by atoms with Crippen molar-refractivity contribution in [2.75, 3.05) is 18.1 Å². The number of hydrogen-bond donors (Lipinski definition) is 1. The van der Waals surface area contributed by atoms with Gasteiger partial charge in [0.2, 0.25) is 0 Å². The molecule has 86 valence electrons. The molecule has 0 saturated carbocycles. The highest BCUT2D eigenvalue weighted by Crippen LogP contribution is 2.29. The van der Waals surface area contributed by atoms with Crippen LogP contribution in [-0.4, -0.2) is 25.3 Å². The van der Waals surface area contributed by atoms with E-state index >= 15 is 0 Å². The summed E-state index contributed by atoms with van der Waals surface area (Å²) in [4.78, 5) is 13.2. The molecule has 1 atom stereocenters. The highest BCUT2D eigenvalue weighted by Gasteiger charge is 2.31. The third-order valence-electron chi connectivity index (χ3n) is 2.62. The zero-order valence-corrected chi connectivity index (χ0v) is 9.48. The zero-order valence-electron chi connectivity index (χ0n) is 8.73. The number of cyclic esters (lactones) is 1. The summed E-state index contributed by atoms with van der Waals surface area (Å²) < 4.78 is 5.00. The Bertz CT molecular complexity index is 397. The lowest BCUT2D eigenvalue weighted by Gasteiger charge is -2.34. The van der Waals surface area contributed by atoms with Gasteiger partial charge in [0.15, 0.2) is 0 Å². The average molecular weight is 241 g/mol. The van der Waals surface area contributed by atoms with Crippen LogP contribution in [0.3, 0.4) is 0 Å². The van der Waals surface area contributed by atoms with Gasteiger partial charge in [-0.15, -0.1) is 0 Å². The van der Waals surface area contributed by atoms with Gasteiger partial charge in [0.1, 0.15) is 0 Å². The first-order chi connectivity index (χ1) is 7.74. The van der Waals surface area contributed by atoms with E-state index in [4.69, 9.17) is 22.1 Å². The minimum absolute atomic E-state index is 0.0406. The number of benzene rings is 1. The third kappa shape index (κ3) is 1.99. The molecular formula is C11H13ClN2O2. The van der Waals surface area contributed by atoms with Crippen LogP contribution in [0.5, 0.6) is 0 Å². The number of para-hydroxylation sites is 1. The number of nitrogens with zero attached hydrogens (tertiary/aromatic N) is 1. The van der Waals surface area contributed by atoms with E-state index in [2.05, 4.69) is 0 Å². The topological polar surface area (TPSA) is 55.6 Å². The number of carbonyl (C=O) groups excluding carboxylic acids is 1. The minimum Gasteiger partial charge on any atom is -0.449 e. The fourth-order valence-electron chi connectivity index (χ4n) is 1.80. The molecule has 1 aliphatic heterocycles.